The molecule has 2 aliphatic heterocycles. The third-order valence-electron chi connectivity index (χ3n) is 5.57. The van der Waals surface area contributed by atoms with Crippen molar-refractivity contribution in [3.63, 3.8) is 0 Å². The second kappa shape index (κ2) is 8.39. The quantitative estimate of drug-likeness (QED) is 0.768. The molecule has 2 saturated heterocycles. The highest BCUT2D eigenvalue weighted by atomic mass is 32.2. The molecule has 6 nitrogen and oxygen atoms in total. The van der Waals surface area contributed by atoms with Crippen LogP contribution in [0.3, 0.4) is 0 Å². The Kier molecular flexibility index (Phi) is 5.69. The monoisotopic (exact) mass is 409 g/mol. The van der Waals surface area contributed by atoms with Gasteiger partial charge in [0.15, 0.2) is 0 Å². The fourth-order valence-electron chi connectivity index (χ4n) is 3.99. The molecular weight excluding hydrogens is 386 g/mol. The van der Waals surface area contributed by atoms with Gasteiger partial charge in [-0.15, -0.1) is 0 Å². The molecule has 2 fully saturated rings. The number of hydrogen-bond donors (Lipinski definition) is 1. The van der Waals surface area contributed by atoms with E-state index in [1.54, 1.807) is 0 Å². The number of piperidine rings is 1. The Morgan fingerprint density at radius 1 is 0.966 bits per heavy atom. The molecule has 4 rings (SSSR count). The summed E-state index contributed by atoms with van der Waals surface area (Å²) in [4.78, 5) is 42.7. The number of nitrogens with zero attached hydrogens (tertiary/aromatic N) is 2. The van der Waals surface area contributed by atoms with Gasteiger partial charge in [0.2, 0.25) is 11.8 Å². The predicted octanol–water partition coefficient (Wildman–Crippen LogP) is 2.67. The summed E-state index contributed by atoms with van der Waals surface area (Å²) in [5.74, 6) is -0.795. The SMILES string of the molecule is NC(=O)C1CCN([C@H]2CC(=O)N(c3ccccc3Sc3ccccc3)C2=O)CC1. The summed E-state index contributed by atoms with van der Waals surface area (Å²) in [5.41, 5.74) is 6.03. The maximum absolute atomic E-state index is 13.2. The maximum atomic E-state index is 13.2. The molecule has 2 aliphatic rings. The lowest BCUT2D eigenvalue weighted by atomic mass is 9.95. The fraction of sp³-hybridized carbons (Fsp3) is 0.318. The van der Waals surface area contributed by atoms with Gasteiger partial charge in [0.1, 0.15) is 0 Å². The summed E-state index contributed by atoms with van der Waals surface area (Å²) >= 11 is 1.53. The topological polar surface area (TPSA) is 83.7 Å². The number of imide groups is 1. The molecule has 2 N–H and O–H groups in total. The number of anilines is 1. The number of likely N-dealkylation sites (tertiary alicyclic amines) is 1. The van der Waals surface area contributed by atoms with E-state index in [2.05, 4.69) is 0 Å². The number of primary amides is 1. The van der Waals surface area contributed by atoms with Crippen molar-refractivity contribution in [2.24, 2.45) is 11.7 Å². The van der Waals surface area contributed by atoms with Crippen LogP contribution < -0.4 is 10.6 Å². The Hall–Kier alpha value is -2.64. The molecule has 29 heavy (non-hydrogen) atoms. The van der Waals surface area contributed by atoms with Crippen molar-refractivity contribution in [1.29, 1.82) is 0 Å². The van der Waals surface area contributed by atoms with Crippen molar-refractivity contribution in [1.82, 2.24) is 4.90 Å². The van der Waals surface area contributed by atoms with E-state index in [1.165, 1.54) is 16.7 Å². The minimum Gasteiger partial charge on any atom is -0.369 e. The maximum Gasteiger partial charge on any atom is 0.251 e. The highest BCUT2D eigenvalue weighted by molar-refractivity contribution is 7.99. The first-order chi connectivity index (χ1) is 14.0. The molecule has 0 unspecified atom stereocenters. The molecule has 0 radical (unpaired) electrons. The van der Waals surface area contributed by atoms with Gasteiger partial charge < -0.3 is 5.73 Å². The summed E-state index contributed by atoms with van der Waals surface area (Å²) < 4.78 is 0. The minimum absolute atomic E-state index is 0.141. The van der Waals surface area contributed by atoms with E-state index in [4.69, 9.17) is 5.73 Å². The van der Waals surface area contributed by atoms with Gasteiger partial charge in [0, 0.05) is 15.7 Å². The van der Waals surface area contributed by atoms with E-state index in [0.29, 0.717) is 31.6 Å². The van der Waals surface area contributed by atoms with Crippen molar-refractivity contribution in [3.8, 4) is 0 Å². The molecule has 2 aromatic carbocycles. The summed E-state index contributed by atoms with van der Waals surface area (Å²) in [6.45, 7) is 1.21. The Bertz CT molecular complexity index is 926. The Labute approximate surface area is 174 Å². The number of rotatable bonds is 5. The molecule has 0 bridgehead atoms. The minimum atomic E-state index is -0.467. The molecule has 0 spiro atoms. The molecule has 2 heterocycles. The van der Waals surface area contributed by atoms with E-state index in [-0.39, 0.29) is 30.1 Å². The van der Waals surface area contributed by atoms with E-state index in [0.717, 1.165) is 9.79 Å². The van der Waals surface area contributed by atoms with Crippen LogP contribution in [0.5, 0.6) is 0 Å². The predicted molar refractivity (Wildman–Crippen MR) is 111 cm³/mol. The van der Waals surface area contributed by atoms with Gasteiger partial charge in [-0.2, -0.15) is 0 Å². The lowest BCUT2D eigenvalue weighted by molar-refractivity contribution is -0.124. The first-order valence-corrected chi connectivity index (χ1v) is 10.6. The number of hydrogen-bond acceptors (Lipinski definition) is 5. The average Bonchev–Trinajstić information content (AvgIpc) is 3.03. The normalized spacial score (nSPS) is 21.0. The van der Waals surface area contributed by atoms with Gasteiger partial charge in [-0.1, -0.05) is 42.1 Å². The van der Waals surface area contributed by atoms with Crippen LogP contribution in [-0.2, 0) is 14.4 Å². The highest BCUT2D eigenvalue weighted by Crippen LogP contribution is 2.38. The zero-order valence-corrected chi connectivity index (χ0v) is 16.8. The number of carbonyl (C=O) groups excluding carboxylic acids is 3. The molecule has 0 aliphatic carbocycles. The van der Waals surface area contributed by atoms with Crippen LogP contribution in [-0.4, -0.2) is 41.8 Å². The van der Waals surface area contributed by atoms with E-state index in [1.807, 2.05) is 59.5 Å². The van der Waals surface area contributed by atoms with Crippen molar-refractivity contribution < 1.29 is 14.4 Å². The molecule has 7 heteroatoms. The molecule has 150 valence electrons. The van der Waals surface area contributed by atoms with Gasteiger partial charge in [-0.05, 0) is 50.2 Å². The number of amides is 3. The van der Waals surface area contributed by atoms with Crippen LogP contribution in [0.15, 0.2) is 64.4 Å². The number of para-hydroxylation sites is 1. The average molecular weight is 410 g/mol. The third kappa shape index (κ3) is 4.06. The van der Waals surface area contributed by atoms with Crippen LogP contribution in [0, 0.1) is 5.92 Å². The summed E-state index contributed by atoms with van der Waals surface area (Å²) in [6, 6.07) is 16.9. The first-order valence-electron chi connectivity index (χ1n) is 9.76. The van der Waals surface area contributed by atoms with Crippen molar-refractivity contribution in [2.45, 2.75) is 35.1 Å². The molecular formula is C22H23N3O3S. The summed E-state index contributed by atoms with van der Waals surface area (Å²) in [5, 5.41) is 0. The Morgan fingerprint density at radius 2 is 1.62 bits per heavy atom. The van der Waals surface area contributed by atoms with Crippen LogP contribution in [0.4, 0.5) is 5.69 Å². The lowest BCUT2D eigenvalue weighted by Gasteiger charge is -2.33. The summed E-state index contributed by atoms with van der Waals surface area (Å²) in [7, 11) is 0. The number of carbonyl (C=O) groups is 3. The van der Waals surface area contributed by atoms with Crippen molar-refractivity contribution >= 4 is 35.2 Å². The van der Waals surface area contributed by atoms with Gasteiger partial charge in [-0.3, -0.25) is 19.3 Å². The van der Waals surface area contributed by atoms with Gasteiger partial charge >= 0.3 is 0 Å². The van der Waals surface area contributed by atoms with Crippen LogP contribution in [0.25, 0.3) is 0 Å². The first kappa shape index (κ1) is 19.7. The van der Waals surface area contributed by atoms with Gasteiger partial charge in [-0.25, -0.2) is 4.90 Å². The van der Waals surface area contributed by atoms with E-state index in [9.17, 15) is 14.4 Å². The Morgan fingerprint density at radius 3 is 2.31 bits per heavy atom. The van der Waals surface area contributed by atoms with Crippen LogP contribution in [0.2, 0.25) is 0 Å². The third-order valence-corrected chi connectivity index (χ3v) is 6.65. The second-order valence-electron chi connectivity index (χ2n) is 7.38. The zero-order valence-electron chi connectivity index (χ0n) is 16.0. The van der Waals surface area contributed by atoms with Crippen molar-refractivity contribution in [3.05, 3.63) is 54.6 Å². The molecule has 3 amide bonds. The van der Waals surface area contributed by atoms with E-state index < -0.39 is 6.04 Å². The fourth-order valence-corrected chi connectivity index (χ4v) is 4.95. The highest BCUT2D eigenvalue weighted by Gasteiger charge is 2.44. The van der Waals surface area contributed by atoms with Gasteiger partial charge in [0.05, 0.1) is 18.2 Å². The molecule has 1 atom stereocenters. The van der Waals surface area contributed by atoms with Crippen LogP contribution >= 0.6 is 11.8 Å². The number of nitrogens with two attached hydrogens (primary N) is 1. The lowest BCUT2D eigenvalue weighted by Crippen LogP contribution is -2.47. The zero-order chi connectivity index (χ0) is 20.4. The Balaban J connectivity index is 1.53. The smallest absolute Gasteiger partial charge is 0.251 e. The van der Waals surface area contributed by atoms with Crippen molar-refractivity contribution in [2.75, 3.05) is 18.0 Å². The molecule has 0 saturated carbocycles. The van der Waals surface area contributed by atoms with Gasteiger partial charge in [0.25, 0.3) is 5.91 Å². The second-order valence-corrected chi connectivity index (χ2v) is 8.50. The van der Waals surface area contributed by atoms with E-state index >= 15 is 0 Å². The summed E-state index contributed by atoms with van der Waals surface area (Å²) in [6.07, 6.45) is 1.44. The number of benzene rings is 2. The van der Waals surface area contributed by atoms with Crippen LogP contribution in [0.1, 0.15) is 19.3 Å². The molecule has 0 aromatic heterocycles. The largest absolute Gasteiger partial charge is 0.369 e. The standard InChI is InChI=1S/C22H23N3O3S/c23-21(27)15-10-12-24(13-11-15)18-14-20(26)25(22(18)28)17-8-4-5-9-19(17)29-16-6-2-1-3-7-16/h1-9,15,18H,10-14H2,(H2,23,27)/t18-/m0/s1. The molecule has 2 aromatic rings.